The molecule has 0 amide bonds. The van der Waals surface area contributed by atoms with Crippen LogP contribution in [0.2, 0.25) is 0 Å². The Morgan fingerprint density at radius 3 is 2.78 bits per heavy atom. The van der Waals surface area contributed by atoms with Gasteiger partial charge < -0.3 is 0 Å². The molecule has 0 unspecified atom stereocenters. The Balaban J connectivity index is 2.32. The Kier molecular flexibility index (Phi) is 3.13. The molecular weight excluding hydrogens is 132 g/mol. The van der Waals surface area contributed by atoms with E-state index in [9.17, 15) is 0 Å². The minimum atomic E-state index is 1.08. The summed E-state index contributed by atoms with van der Waals surface area (Å²) in [6, 6.07) is 0. The van der Waals surface area contributed by atoms with Crippen LogP contribution in [0.4, 0.5) is 0 Å². The van der Waals surface area contributed by atoms with Gasteiger partial charge in [-0.05, 0) is 25.7 Å². The van der Waals surface area contributed by atoms with Gasteiger partial charge in [-0.1, -0.05) is 30.5 Å². The minimum Gasteiger partial charge on any atom is -0.0895 e. The maximum absolute atomic E-state index is 5.85. The first-order chi connectivity index (χ1) is 4.39. The molecular formula is C8H13Cl. The zero-order valence-electron chi connectivity index (χ0n) is 5.70. The van der Waals surface area contributed by atoms with Gasteiger partial charge in [0, 0.05) is 5.03 Å². The van der Waals surface area contributed by atoms with Gasteiger partial charge in [-0.25, -0.2) is 0 Å². The maximum Gasteiger partial charge on any atom is 0.0141 e. The first-order valence-corrected chi connectivity index (χ1v) is 4.12. The van der Waals surface area contributed by atoms with Crippen molar-refractivity contribution in [3.63, 3.8) is 0 Å². The third kappa shape index (κ3) is 2.90. The summed E-state index contributed by atoms with van der Waals surface area (Å²) in [5, 5.41) is 1.08. The molecule has 1 aliphatic carbocycles. The summed E-state index contributed by atoms with van der Waals surface area (Å²) in [4.78, 5) is 0. The van der Waals surface area contributed by atoms with Crippen molar-refractivity contribution < 1.29 is 0 Å². The quantitative estimate of drug-likeness (QED) is 0.489. The molecule has 0 aromatic carbocycles. The number of halogens is 1. The van der Waals surface area contributed by atoms with Crippen molar-refractivity contribution in [1.29, 1.82) is 0 Å². The van der Waals surface area contributed by atoms with E-state index in [1.807, 2.05) is 0 Å². The monoisotopic (exact) mass is 144 g/mol. The van der Waals surface area contributed by atoms with Crippen molar-refractivity contribution in [3.05, 3.63) is 11.1 Å². The van der Waals surface area contributed by atoms with E-state index in [2.05, 4.69) is 6.08 Å². The predicted molar refractivity (Wildman–Crippen MR) is 41.6 cm³/mol. The number of hydrogen-bond donors (Lipinski definition) is 0. The summed E-state index contributed by atoms with van der Waals surface area (Å²) in [7, 11) is 0. The second kappa shape index (κ2) is 3.94. The molecule has 0 N–H and O–H groups in total. The summed E-state index contributed by atoms with van der Waals surface area (Å²) in [5.74, 6) is 0. The Morgan fingerprint density at radius 1 is 1.11 bits per heavy atom. The first-order valence-electron chi connectivity index (χ1n) is 3.74. The van der Waals surface area contributed by atoms with Crippen LogP contribution in [0.5, 0.6) is 0 Å². The van der Waals surface area contributed by atoms with Crippen LogP contribution in [0.25, 0.3) is 0 Å². The van der Waals surface area contributed by atoms with Crippen LogP contribution in [-0.2, 0) is 0 Å². The van der Waals surface area contributed by atoms with E-state index >= 15 is 0 Å². The smallest absolute Gasteiger partial charge is 0.0141 e. The van der Waals surface area contributed by atoms with Crippen LogP contribution >= 0.6 is 11.6 Å². The van der Waals surface area contributed by atoms with Crippen molar-refractivity contribution in [2.75, 3.05) is 0 Å². The summed E-state index contributed by atoms with van der Waals surface area (Å²) >= 11 is 5.85. The largest absolute Gasteiger partial charge is 0.0895 e. The van der Waals surface area contributed by atoms with Crippen LogP contribution in [0.3, 0.4) is 0 Å². The van der Waals surface area contributed by atoms with Crippen LogP contribution < -0.4 is 0 Å². The van der Waals surface area contributed by atoms with Crippen molar-refractivity contribution in [2.45, 2.75) is 38.5 Å². The lowest BCUT2D eigenvalue weighted by molar-refractivity contribution is 0.634. The number of allylic oxidation sites excluding steroid dienone is 2. The van der Waals surface area contributed by atoms with Gasteiger partial charge in [-0.2, -0.15) is 0 Å². The van der Waals surface area contributed by atoms with Crippen molar-refractivity contribution in [2.24, 2.45) is 0 Å². The lowest BCUT2D eigenvalue weighted by atomic mass is 10.1. The van der Waals surface area contributed by atoms with Gasteiger partial charge in [0.15, 0.2) is 0 Å². The molecule has 1 rings (SSSR count). The highest BCUT2D eigenvalue weighted by Gasteiger charge is 1.97. The molecule has 0 radical (unpaired) electrons. The topological polar surface area (TPSA) is 0 Å². The van der Waals surface area contributed by atoms with E-state index in [1.165, 1.54) is 32.1 Å². The van der Waals surface area contributed by atoms with Gasteiger partial charge in [-0.15, -0.1) is 0 Å². The molecule has 0 saturated heterocycles. The Hall–Kier alpha value is 0.0300. The second-order valence-corrected chi connectivity index (χ2v) is 3.09. The molecule has 52 valence electrons. The molecule has 0 nitrogen and oxygen atoms in total. The summed E-state index contributed by atoms with van der Waals surface area (Å²) in [6.07, 6.45) is 9.84. The van der Waals surface area contributed by atoms with Crippen LogP contribution in [-0.4, -0.2) is 0 Å². The van der Waals surface area contributed by atoms with Gasteiger partial charge in [0.2, 0.25) is 0 Å². The normalized spacial score (nSPS) is 27.9. The Bertz CT molecular complexity index is 105. The SMILES string of the molecule is Cl/C1=C/CCCCCC1. The summed E-state index contributed by atoms with van der Waals surface area (Å²) in [5.41, 5.74) is 0. The number of rotatable bonds is 0. The van der Waals surface area contributed by atoms with E-state index in [0.717, 1.165) is 11.5 Å². The molecule has 0 saturated carbocycles. The lowest BCUT2D eigenvalue weighted by Crippen LogP contribution is -1.84. The summed E-state index contributed by atoms with van der Waals surface area (Å²) in [6.45, 7) is 0. The van der Waals surface area contributed by atoms with E-state index in [-0.39, 0.29) is 0 Å². The fourth-order valence-corrected chi connectivity index (χ4v) is 1.40. The second-order valence-electron chi connectivity index (χ2n) is 2.60. The zero-order valence-corrected chi connectivity index (χ0v) is 6.45. The molecule has 0 aromatic heterocycles. The highest BCUT2D eigenvalue weighted by Crippen LogP contribution is 2.18. The van der Waals surface area contributed by atoms with E-state index in [4.69, 9.17) is 11.6 Å². The van der Waals surface area contributed by atoms with Gasteiger partial charge in [-0.3, -0.25) is 0 Å². The molecule has 0 heterocycles. The predicted octanol–water partition coefficient (Wildman–Crippen LogP) is 3.46. The molecule has 0 aliphatic heterocycles. The van der Waals surface area contributed by atoms with E-state index in [1.54, 1.807) is 0 Å². The fourth-order valence-electron chi connectivity index (χ4n) is 1.15. The van der Waals surface area contributed by atoms with E-state index in [0.29, 0.717) is 0 Å². The van der Waals surface area contributed by atoms with Crippen molar-refractivity contribution >= 4 is 11.6 Å². The van der Waals surface area contributed by atoms with E-state index < -0.39 is 0 Å². The molecule has 0 spiro atoms. The minimum absolute atomic E-state index is 1.08. The average molecular weight is 145 g/mol. The van der Waals surface area contributed by atoms with Gasteiger partial charge >= 0.3 is 0 Å². The third-order valence-electron chi connectivity index (χ3n) is 1.74. The zero-order chi connectivity index (χ0) is 6.53. The van der Waals surface area contributed by atoms with Crippen molar-refractivity contribution in [1.82, 2.24) is 0 Å². The molecule has 1 aliphatic rings. The first kappa shape index (κ1) is 7.14. The van der Waals surface area contributed by atoms with Crippen LogP contribution in [0.15, 0.2) is 11.1 Å². The molecule has 0 aromatic rings. The molecule has 0 bridgehead atoms. The van der Waals surface area contributed by atoms with Gasteiger partial charge in [0.1, 0.15) is 0 Å². The third-order valence-corrected chi connectivity index (χ3v) is 2.08. The standard InChI is InChI=1S/C8H13Cl/c9-8-6-4-2-1-3-5-7-8/h6H,1-5,7H2/b8-6+. The lowest BCUT2D eigenvalue weighted by Gasteiger charge is -2.04. The highest BCUT2D eigenvalue weighted by molar-refractivity contribution is 6.29. The maximum atomic E-state index is 5.85. The molecule has 1 heteroatoms. The van der Waals surface area contributed by atoms with Crippen molar-refractivity contribution in [3.8, 4) is 0 Å². The fraction of sp³-hybridized carbons (Fsp3) is 0.750. The highest BCUT2D eigenvalue weighted by atomic mass is 35.5. The number of hydrogen-bond acceptors (Lipinski definition) is 0. The van der Waals surface area contributed by atoms with Gasteiger partial charge in [0.25, 0.3) is 0 Å². The molecule has 0 atom stereocenters. The van der Waals surface area contributed by atoms with Crippen LogP contribution in [0, 0.1) is 0 Å². The molecule has 9 heavy (non-hydrogen) atoms. The Labute approximate surface area is 61.9 Å². The van der Waals surface area contributed by atoms with Crippen LogP contribution in [0.1, 0.15) is 38.5 Å². The summed E-state index contributed by atoms with van der Waals surface area (Å²) < 4.78 is 0. The molecule has 0 fully saturated rings. The van der Waals surface area contributed by atoms with Gasteiger partial charge in [0.05, 0.1) is 0 Å². The Morgan fingerprint density at radius 2 is 1.89 bits per heavy atom. The average Bonchev–Trinajstić information content (AvgIpc) is 1.79.